The second-order valence-corrected chi connectivity index (χ2v) is 11.7. The van der Waals surface area contributed by atoms with E-state index in [0.717, 1.165) is 48.5 Å². The number of hydrogen-bond acceptors (Lipinski definition) is 6. The number of methoxy groups -OCH3 is 1. The van der Waals surface area contributed by atoms with Gasteiger partial charge in [0.25, 0.3) is 0 Å². The molecule has 3 fully saturated rings. The molecule has 1 aliphatic carbocycles. The van der Waals surface area contributed by atoms with Gasteiger partial charge in [-0.15, -0.1) is 0 Å². The van der Waals surface area contributed by atoms with Crippen LogP contribution in [0.4, 0.5) is 5.69 Å². The third-order valence-electron chi connectivity index (χ3n) is 8.83. The van der Waals surface area contributed by atoms with E-state index < -0.39 is 0 Å². The number of rotatable bonds is 10. The molecule has 0 atom stereocenters. The SMILES string of the molecule is COc1cc2c(NC3CCN(C(C)C)CC3)cc(C3CCCCC3)nc2cc1OCCCN1CCCC1. The topological polar surface area (TPSA) is 49.9 Å². The lowest BCUT2D eigenvalue weighted by Crippen LogP contribution is -2.42. The van der Waals surface area contributed by atoms with Crippen LogP contribution in [-0.2, 0) is 0 Å². The van der Waals surface area contributed by atoms with E-state index in [9.17, 15) is 0 Å². The number of pyridine rings is 1. The van der Waals surface area contributed by atoms with Crippen LogP contribution in [0, 0.1) is 0 Å². The Labute approximate surface area is 224 Å². The van der Waals surface area contributed by atoms with Crippen molar-refractivity contribution >= 4 is 16.6 Å². The lowest BCUT2D eigenvalue weighted by Gasteiger charge is -2.35. The molecule has 2 saturated heterocycles. The van der Waals surface area contributed by atoms with Crippen LogP contribution in [-0.4, -0.2) is 73.3 Å². The predicted octanol–water partition coefficient (Wildman–Crippen LogP) is 6.44. The number of hydrogen-bond donors (Lipinski definition) is 1. The normalized spacial score (nSPS) is 20.6. The van der Waals surface area contributed by atoms with E-state index >= 15 is 0 Å². The van der Waals surface area contributed by atoms with Crippen molar-refractivity contribution in [2.24, 2.45) is 0 Å². The van der Waals surface area contributed by atoms with Crippen molar-refractivity contribution in [1.29, 1.82) is 0 Å². The summed E-state index contributed by atoms with van der Waals surface area (Å²) in [5.74, 6) is 2.19. The Morgan fingerprint density at radius 1 is 0.919 bits per heavy atom. The summed E-state index contributed by atoms with van der Waals surface area (Å²) in [5, 5.41) is 5.09. The van der Waals surface area contributed by atoms with E-state index in [2.05, 4.69) is 47.2 Å². The quantitative estimate of drug-likeness (QED) is 0.373. The molecule has 37 heavy (non-hydrogen) atoms. The summed E-state index contributed by atoms with van der Waals surface area (Å²) in [6, 6.07) is 7.74. The van der Waals surface area contributed by atoms with Gasteiger partial charge in [-0.1, -0.05) is 19.3 Å². The van der Waals surface area contributed by atoms with Crippen LogP contribution in [0.25, 0.3) is 10.9 Å². The van der Waals surface area contributed by atoms with E-state index in [0.29, 0.717) is 24.6 Å². The molecule has 1 saturated carbocycles. The summed E-state index contributed by atoms with van der Waals surface area (Å²) in [7, 11) is 1.75. The summed E-state index contributed by atoms with van der Waals surface area (Å²) in [5.41, 5.74) is 3.49. The minimum atomic E-state index is 0.493. The number of piperidine rings is 1. The molecule has 0 unspecified atom stereocenters. The zero-order valence-corrected chi connectivity index (χ0v) is 23.4. The summed E-state index contributed by atoms with van der Waals surface area (Å²) in [6.45, 7) is 11.2. The first-order valence-electron chi connectivity index (χ1n) is 15.0. The number of fused-ring (bicyclic) bond motifs is 1. The van der Waals surface area contributed by atoms with E-state index in [1.165, 1.54) is 82.3 Å². The smallest absolute Gasteiger partial charge is 0.163 e. The molecule has 1 aromatic heterocycles. The minimum absolute atomic E-state index is 0.493. The number of likely N-dealkylation sites (tertiary alicyclic amines) is 2. The molecular weight excluding hydrogens is 460 g/mol. The number of benzene rings is 1. The number of anilines is 1. The van der Waals surface area contributed by atoms with Gasteiger partial charge in [0.2, 0.25) is 0 Å². The van der Waals surface area contributed by atoms with Gasteiger partial charge in [-0.25, -0.2) is 0 Å². The van der Waals surface area contributed by atoms with Gasteiger partial charge in [-0.3, -0.25) is 4.98 Å². The Kier molecular flexibility index (Phi) is 9.09. The highest BCUT2D eigenvalue weighted by atomic mass is 16.5. The van der Waals surface area contributed by atoms with Gasteiger partial charge in [0.15, 0.2) is 11.5 Å². The van der Waals surface area contributed by atoms with Crippen molar-refractivity contribution in [3.05, 3.63) is 23.9 Å². The predicted molar refractivity (Wildman–Crippen MR) is 153 cm³/mol. The van der Waals surface area contributed by atoms with Crippen molar-refractivity contribution in [1.82, 2.24) is 14.8 Å². The summed E-state index contributed by atoms with van der Waals surface area (Å²) in [6.07, 6.45) is 12.6. The maximum atomic E-state index is 6.29. The van der Waals surface area contributed by atoms with E-state index in [1.54, 1.807) is 7.11 Å². The molecule has 3 aliphatic rings. The summed E-state index contributed by atoms with van der Waals surface area (Å²) >= 11 is 0. The fourth-order valence-corrected chi connectivity index (χ4v) is 6.51. The van der Waals surface area contributed by atoms with Gasteiger partial charge in [-0.2, -0.15) is 0 Å². The number of nitrogens with one attached hydrogen (secondary N) is 1. The molecule has 204 valence electrons. The minimum Gasteiger partial charge on any atom is -0.493 e. The molecular formula is C31H48N4O2. The van der Waals surface area contributed by atoms with Gasteiger partial charge < -0.3 is 24.6 Å². The van der Waals surface area contributed by atoms with Crippen molar-refractivity contribution in [2.75, 3.05) is 51.8 Å². The maximum Gasteiger partial charge on any atom is 0.163 e. The second kappa shape index (κ2) is 12.7. The van der Waals surface area contributed by atoms with Gasteiger partial charge in [0.05, 0.1) is 19.2 Å². The molecule has 2 aromatic rings. The fourth-order valence-electron chi connectivity index (χ4n) is 6.51. The molecule has 2 aliphatic heterocycles. The van der Waals surface area contributed by atoms with E-state index in [-0.39, 0.29) is 0 Å². The van der Waals surface area contributed by atoms with Gasteiger partial charge >= 0.3 is 0 Å². The summed E-state index contributed by atoms with van der Waals surface area (Å²) < 4.78 is 12.1. The largest absolute Gasteiger partial charge is 0.493 e. The molecule has 1 N–H and O–H groups in total. The zero-order valence-electron chi connectivity index (χ0n) is 23.4. The Bertz CT molecular complexity index is 1010. The number of aromatic nitrogens is 1. The molecule has 0 amide bonds. The van der Waals surface area contributed by atoms with Crippen LogP contribution in [0.15, 0.2) is 18.2 Å². The van der Waals surface area contributed by atoms with Crippen molar-refractivity contribution in [2.45, 2.75) is 96.1 Å². The van der Waals surface area contributed by atoms with Crippen LogP contribution >= 0.6 is 0 Å². The standard InChI is InChI=1S/C31H48N4O2/c1-23(2)35-17-12-25(13-18-35)32-28-21-27(24-10-5-4-6-11-24)33-29-22-31(30(36-3)20-26(28)29)37-19-9-16-34-14-7-8-15-34/h20-25H,4-19H2,1-3H3,(H,32,33). The van der Waals surface area contributed by atoms with Crippen LogP contribution in [0.2, 0.25) is 0 Å². The fraction of sp³-hybridized carbons (Fsp3) is 0.710. The third-order valence-corrected chi connectivity index (χ3v) is 8.83. The Hall–Kier alpha value is -2.05. The van der Waals surface area contributed by atoms with Crippen molar-refractivity contribution in [3.63, 3.8) is 0 Å². The Morgan fingerprint density at radius 2 is 1.68 bits per heavy atom. The first-order valence-corrected chi connectivity index (χ1v) is 15.0. The molecule has 1 aromatic carbocycles. The highest BCUT2D eigenvalue weighted by Gasteiger charge is 2.24. The van der Waals surface area contributed by atoms with E-state index in [4.69, 9.17) is 14.5 Å². The van der Waals surface area contributed by atoms with Crippen LogP contribution in [0.5, 0.6) is 11.5 Å². The maximum absolute atomic E-state index is 6.29. The molecule has 3 heterocycles. The molecule has 6 nitrogen and oxygen atoms in total. The van der Waals surface area contributed by atoms with Crippen molar-refractivity contribution < 1.29 is 9.47 Å². The lowest BCUT2D eigenvalue weighted by atomic mass is 9.86. The van der Waals surface area contributed by atoms with Gasteiger partial charge in [0, 0.05) is 60.5 Å². The molecule has 0 bridgehead atoms. The van der Waals surface area contributed by atoms with E-state index in [1.807, 2.05) is 0 Å². The monoisotopic (exact) mass is 508 g/mol. The number of ether oxygens (including phenoxy) is 2. The Morgan fingerprint density at radius 3 is 2.38 bits per heavy atom. The highest BCUT2D eigenvalue weighted by molar-refractivity contribution is 5.94. The third kappa shape index (κ3) is 6.69. The first-order chi connectivity index (χ1) is 18.1. The molecule has 6 heteroatoms. The first kappa shape index (κ1) is 26.6. The van der Waals surface area contributed by atoms with Gasteiger partial charge in [0.1, 0.15) is 0 Å². The molecule has 0 radical (unpaired) electrons. The highest BCUT2D eigenvalue weighted by Crippen LogP contribution is 2.39. The van der Waals surface area contributed by atoms with Crippen LogP contribution in [0.3, 0.4) is 0 Å². The zero-order chi connectivity index (χ0) is 25.6. The second-order valence-electron chi connectivity index (χ2n) is 11.7. The molecule has 0 spiro atoms. The van der Waals surface area contributed by atoms with Gasteiger partial charge in [-0.05, 0) is 84.0 Å². The van der Waals surface area contributed by atoms with Crippen LogP contribution in [0.1, 0.15) is 89.7 Å². The van der Waals surface area contributed by atoms with Crippen molar-refractivity contribution in [3.8, 4) is 11.5 Å². The average Bonchev–Trinajstić information content (AvgIpc) is 3.45. The van der Waals surface area contributed by atoms with Crippen LogP contribution < -0.4 is 14.8 Å². The lowest BCUT2D eigenvalue weighted by molar-refractivity contribution is 0.177. The molecule has 5 rings (SSSR count). The Balaban J connectivity index is 1.37. The average molecular weight is 509 g/mol. The summed E-state index contributed by atoms with van der Waals surface area (Å²) in [4.78, 5) is 10.4. The number of nitrogens with zero attached hydrogens (tertiary/aromatic N) is 3.